The molecule has 0 aromatic rings. The number of rotatable bonds is 6. The van der Waals surface area contributed by atoms with Crippen molar-refractivity contribution < 1.29 is 0 Å². The van der Waals surface area contributed by atoms with E-state index < -0.39 is 0 Å². The van der Waals surface area contributed by atoms with E-state index in [4.69, 9.17) is 5.73 Å². The second-order valence-corrected chi connectivity index (χ2v) is 5.98. The van der Waals surface area contributed by atoms with Gasteiger partial charge in [-0.2, -0.15) is 11.8 Å². The van der Waals surface area contributed by atoms with E-state index in [1.807, 2.05) is 0 Å². The third-order valence-corrected chi connectivity index (χ3v) is 4.65. The molecule has 0 aliphatic carbocycles. The maximum absolute atomic E-state index is 5.60. The summed E-state index contributed by atoms with van der Waals surface area (Å²) in [6.07, 6.45) is 5.59. The van der Waals surface area contributed by atoms with Crippen molar-refractivity contribution in [2.45, 2.75) is 38.6 Å². The largest absolute Gasteiger partial charge is 0.330 e. The topological polar surface area (TPSA) is 29.3 Å². The van der Waals surface area contributed by atoms with Gasteiger partial charge in [0.15, 0.2) is 0 Å². The SMILES string of the molecule is CC(CN)CSCCC1CCCCN1C. The van der Waals surface area contributed by atoms with Crippen LogP contribution in [0.15, 0.2) is 0 Å². The third-order valence-electron chi connectivity index (χ3n) is 3.32. The molecule has 0 radical (unpaired) electrons. The first kappa shape index (κ1) is 13.3. The van der Waals surface area contributed by atoms with Gasteiger partial charge in [-0.25, -0.2) is 0 Å². The number of nitrogens with two attached hydrogens (primary N) is 1. The minimum Gasteiger partial charge on any atom is -0.330 e. The summed E-state index contributed by atoms with van der Waals surface area (Å²) in [4.78, 5) is 2.54. The highest BCUT2D eigenvalue weighted by Gasteiger charge is 2.17. The van der Waals surface area contributed by atoms with Gasteiger partial charge < -0.3 is 10.6 Å². The van der Waals surface area contributed by atoms with E-state index in [-0.39, 0.29) is 0 Å². The Labute approximate surface area is 99.0 Å². The van der Waals surface area contributed by atoms with Crippen LogP contribution in [0.25, 0.3) is 0 Å². The number of hydrogen-bond donors (Lipinski definition) is 1. The van der Waals surface area contributed by atoms with E-state index >= 15 is 0 Å². The Morgan fingerprint density at radius 1 is 1.47 bits per heavy atom. The van der Waals surface area contributed by atoms with Gasteiger partial charge in [-0.05, 0) is 56.8 Å². The van der Waals surface area contributed by atoms with Crippen molar-refractivity contribution >= 4 is 11.8 Å². The molecule has 0 amide bonds. The summed E-state index contributed by atoms with van der Waals surface area (Å²) in [6.45, 7) is 4.37. The molecule has 15 heavy (non-hydrogen) atoms. The lowest BCUT2D eigenvalue weighted by atomic mass is 10.0. The minimum absolute atomic E-state index is 0.680. The predicted molar refractivity (Wildman–Crippen MR) is 70.4 cm³/mol. The van der Waals surface area contributed by atoms with Crippen LogP contribution in [0.5, 0.6) is 0 Å². The summed E-state index contributed by atoms with van der Waals surface area (Å²) in [5, 5.41) is 0. The van der Waals surface area contributed by atoms with Crippen LogP contribution < -0.4 is 5.73 Å². The molecule has 1 aliphatic heterocycles. The van der Waals surface area contributed by atoms with Crippen molar-refractivity contribution in [3.05, 3.63) is 0 Å². The Morgan fingerprint density at radius 2 is 2.27 bits per heavy atom. The molecule has 2 N–H and O–H groups in total. The molecule has 3 heteroatoms. The molecule has 0 bridgehead atoms. The lowest BCUT2D eigenvalue weighted by molar-refractivity contribution is 0.182. The highest BCUT2D eigenvalue weighted by Crippen LogP contribution is 2.20. The van der Waals surface area contributed by atoms with Crippen molar-refractivity contribution in [2.24, 2.45) is 11.7 Å². The average Bonchev–Trinajstić information content (AvgIpc) is 2.26. The van der Waals surface area contributed by atoms with Gasteiger partial charge in [0.25, 0.3) is 0 Å². The molecule has 2 nitrogen and oxygen atoms in total. The number of nitrogens with zero attached hydrogens (tertiary/aromatic N) is 1. The fourth-order valence-electron chi connectivity index (χ4n) is 2.08. The van der Waals surface area contributed by atoms with Crippen molar-refractivity contribution in [1.82, 2.24) is 4.90 Å². The first-order valence-electron chi connectivity index (χ1n) is 6.22. The summed E-state index contributed by atoms with van der Waals surface area (Å²) in [7, 11) is 2.27. The van der Waals surface area contributed by atoms with Crippen LogP contribution in [0.4, 0.5) is 0 Å². The van der Waals surface area contributed by atoms with E-state index in [0.29, 0.717) is 5.92 Å². The molecule has 1 rings (SSSR count). The van der Waals surface area contributed by atoms with E-state index in [0.717, 1.165) is 12.6 Å². The maximum atomic E-state index is 5.60. The first-order valence-corrected chi connectivity index (χ1v) is 7.37. The molecule has 1 aliphatic rings. The zero-order valence-corrected chi connectivity index (χ0v) is 11.1. The van der Waals surface area contributed by atoms with Crippen LogP contribution in [0.3, 0.4) is 0 Å². The van der Waals surface area contributed by atoms with Gasteiger partial charge in [0.05, 0.1) is 0 Å². The van der Waals surface area contributed by atoms with E-state index in [2.05, 4.69) is 30.6 Å². The molecule has 0 aromatic heterocycles. The zero-order valence-electron chi connectivity index (χ0n) is 10.2. The Balaban J connectivity index is 2.03. The molecule has 0 aromatic carbocycles. The highest BCUT2D eigenvalue weighted by atomic mass is 32.2. The van der Waals surface area contributed by atoms with Gasteiger partial charge in [-0.1, -0.05) is 13.3 Å². The molecule has 0 spiro atoms. The van der Waals surface area contributed by atoms with Crippen LogP contribution in [-0.4, -0.2) is 42.6 Å². The summed E-state index contributed by atoms with van der Waals surface area (Å²) in [5.41, 5.74) is 5.60. The van der Waals surface area contributed by atoms with Crippen LogP contribution in [-0.2, 0) is 0 Å². The van der Waals surface area contributed by atoms with Gasteiger partial charge in [0.1, 0.15) is 0 Å². The van der Waals surface area contributed by atoms with Gasteiger partial charge in [-0.15, -0.1) is 0 Å². The second-order valence-electron chi connectivity index (χ2n) is 4.83. The monoisotopic (exact) mass is 230 g/mol. The number of likely N-dealkylation sites (tertiary alicyclic amines) is 1. The van der Waals surface area contributed by atoms with E-state index in [1.165, 1.54) is 43.7 Å². The molecule has 2 atom stereocenters. The van der Waals surface area contributed by atoms with Gasteiger partial charge >= 0.3 is 0 Å². The number of hydrogen-bond acceptors (Lipinski definition) is 3. The lowest BCUT2D eigenvalue weighted by Crippen LogP contribution is -2.36. The van der Waals surface area contributed by atoms with E-state index in [1.54, 1.807) is 0 Å². The molecule has 1 heterocycles. The molecule has 2 unspecified atom stereocenters. The minimum atomic E-state index is 0.680. The molecule has 90 valence electrons. The summed E-state index contributed by atoms with van der Waals surface area (Å²) in [5.74, 6) is 3.21. The molecular weight excluding hydrogens is 204 g/mol. The van der Waals surface area contributed by atoms with Crippen LogP contribution in [0.1, 0.15) is 32.6 Å². The smallest absolute Gasteiger partial charge is 0.0100 e. The third kappa shape index (κ3) is 5.23. The standard InChI is InChI=1S/C12H26N2S/c1-11(9-13)10-15-8-6-12-5-3-4-7-14(12)2/h11-12H,3-10,13H2,1-2H3. The zero-order chi connectivity index (χ0) is 11.1. The first-order chi connectivity index (χ1) is 7.24. The Bertz CT molecular complexity index is 164. The van der Waals surface area contributed by atoms with Gasteiger partial charge in [0.2, 0.25) is 0 Å². The summed E-state index contributed by atoms with van der Waals surface area (Å²) in [6, 6.07) is 0.847. The number of thioether (sulfide) groups is 1. The normalized spacial score (nSPS) is 25.4. The van der Waals surface area contributed by atoms with Crippen LogP contribution in [0.2, 0.25) is 0 Å². The quantitative estimate of drug-likeness (QED) is 0.709. The van der Waals surface area contributed by atoms with Crippen molar-refractivity contribution in [3.8, 4) is 0 Å². The molecule has 1 fully saturated rings. The van der Waals surface area contributed by atoms with Crippen LogP contribution >= 0.6 is 11.8 Å². The highest BCUT2D eigenvalue weighted by molar-refractivity contribution is 7.99. The summed E-state index contributed by atoms with van der Waals surface area (Å²) < 4.78 is 0. The fraction of sp³-hybridized carbons (Fsp3) is 1.00. The van der Waals surface area contributed by atoms with E-state index in [9.17, 15) is 0 Å². The number of piperidine rings is 1. The lowest BCUT2D eigenvalue weighted by Gasteiger charge is -2.32. The van der Waals surface area contributed by atoms with Crippen molar-refractivity contribution in [2.75, 3.05) is 31.6 Å². The molecular formula is C12H26N2S. The van der Waals surface area contributed by atoms with Gasteiger partial charge in [-0.3, -0.25) is 0 Å². The Kier molecular flexibility index (Phi) is 6.69. The Hall–Kier alpha value is 0.270. The molecule has 1 saturated heterocycles. The summed E-state index contributed by atoms with van der Waals surface area (Å²) >= 11 is 2.07. The molecule has 0 saturated carbocycles. The van der Waals surface area contributed by atoms with Gasteiger partial charge in [0, 0.05) is 6.04 Å². The van der Waals surface area contributed by atoms with Crippen LogP contribution in [0, 0.1) is 5.92 Å². The fourth-order valence-corrected chi connectivity index (χ4v) is 3.22. The predicted octanol–water partition coefficient (Wildman–Crippen LogP) is 2.19. The second kappa shape index (κ2) is 7.53. The van der Waals surface area contributed by atoms with Crippen molar-refractivity contribution in [1.29, 1.82) is 0 Å². The van der Waals surface area contributed by atoms with Crippen molar-refractivity contribution in [3.63, 3.8) is 0 Å². The maximum Gasteiger partial charge on any atom is 0.0100 e. The average molecular weight is 230 g/mol. The Morgan fingerprint density at radius 3 is 2.93 bits per heavy atom.